The number of nitrogens with zero attached hydrogens (tertiary/aromatic N) is 2. The number of nitriles is 1. The van der Waals surface area contributed by atoms with Crippen LogP contribution in [0.4, 0.5) is 5.82 Å². The Hall–Kier alpha value is -2.61. The maximum atomic E-state index is 9.17. The van der Waals surface area contributed by atoms with E-state index in [1.165, 1.54) is 0 Å². The molecule has 110 valence electrons. The molecule has 0 bridgehead atoms. The van der Waals surface area contributed by atoms with Gasteiger partial charge in [-0.25, -0.2) is 0 Å². The number of nitrogens with two attached hydrogens (primary N) is 1. The van der Waals surface area contributed by atoms with Gasteiger partial charge in [-0.1, -0.05) is 6.07 Å². The molecule has 2 N–H and O–H groups in total. The molecule has 0 amide bonds. The van der Waals surface area contributed by atoms with Gasteiger partial charge in [0.15, 0.2) is 11.5 Å². The highest BCUT2D eigenvalue weighted by molar-refractivity contribution is 5.58. The van der Waals surface area contributed by atoms with Gasteiger partial charge in [0, 0.05) is 12.2 Å². The summed E-state index contributed by atoms with van der Waals surface area (Å²) < 4.78 is 12.5. The third kappa shape index (κ3) is 2.52. The third-order valence-corrected chi connectivity index (χ3v) is 3.77. The van der Waals surface area contributed by atoms with Gasteiger partial charge in [-0.3, -0.25) is 0 Å². The first-order valence-electron chi connectivity index (χ1n) is 6.59. The standard InChI is InChI=1S/C16H19N3O2/c1-10-11(2)19(16(18)13(10)8-17)9-12-5-6-14(20-3)15(7-12)21-4/h5-7H,9,18H2,1-4H3. The van der Waals surface area contributed by atoms with Crippen molar-refractivity contribution in [2.24, 2.45) is 0 Å². The number of benzene rings is 1. The third-order valence-electron chi connectivity index (χ3n) is 3.77. The molecule has 0 aliphatic carbocycles. The zero-order valence-corrected chi connectivity index (χ0v) is 12.7. The predicted octanol–water partition coefficient (Wildman–Crippen LogP) is 2.62. The highest BCUT2D eigenvalue weighted by atomic mass is 16.5. The molecule has 21 heavy (non-hydrogen) atoms. The second-order valence-corrected chi connectivity index (χ2v) is 4.86. The number of rotatable bonds is 4. The lowest BCUT2D eigenvalue weighted by Crippen LogP contribution is -2.06. The van der Waals surface area contributed by atoms with Crippen LogP contribution in [0, 0.1) is 25.2 Å². The molecule has 2 aromatic rings. The minimum Gasteiger partial charge on any atom is -0.493 e. The summed E-state index contributed by atoms with van der Waals surface area (Å²) in [6.45, 7) is 4.46. The smallest absolute Gasteiger partial charge is 0.161 e. The topological polar surface area (TPSA) is 73.2 Å². The summed E-state index contributed by atoms with van der Waals surface area (Å²) in [4.78, 5) is 0. The van der Waals surface area contributed by atoms with Crippen LogP contribution in [0.2, 0.25) is 0 Å². The van der Waals surface area contributed by atoms with E-state index in [-0.39, 0.29) is 0 Å². The first kappa shape index (κ1) is 14.8. The van der Waals surface area contributed by atoms with E-state index in [4.69, 9.17) is 15.2 Å². The number of hydrogen-bond donors (Lipinski definition) is 1. The minimum absolute atomic E-state index is 0.502. The lowest BCUT2D eigenvalue weighted by molar-refractivity contribution is 0.354. The van der Waals surface area contributed by atoms with E-state index in [1.807, 2.05) is 36.6 Å². The fourth-order valence-electron chi connectivity index (χ4n) is 2.40. The van der Waals surface area contributed by atoms with Crippen molar-refractivity contribution in [3.05, 3.63) is 40.6 Å². The summed E-state index contributed by atoms with van der Waals surface area (Å²) in [6.07, 6.45) is 0. The first-order chi connectivity index (χ1) is 10.0. The van der Waals surface area contributed by atoms with Gasteiger partial charge in [-0.2, -0.15) is 5.26 Å². The van der Waals surface area contributed by atoms with Crippen molar-refractivity contribution in [3.8, 4) is 17.6 Å². The Balaban J connectivity index is 2.42. The summed E-state index contributed by atoms with van der Waals surface area (Å²) in [5.41, 5.74) is 9.58. The van der Waals surface area contributed by atoms with E-state index in [1.54, 1.807) is 14.2 Å². The molecule has 1 heterocycles. The Bertz CT molecular complexity index is 711. The van der Waals surface area contributed by atoms with Crippen LogP contribution in [-0.4, -0.2) is 18.8 Å². The van der Waals surface area contributed by atoms with Crippen LogP contribution < -0.4 is 15.2 Å². The fraction of sp³-hybridized carbons (Fsp3) is 0.312. The van der Waals surface area contributed by atoms with E-state index in [0.717, 1.165) is 16.8 Å². The van der Waals surface area contributed by atoms with E-state index >= 15 is 0 Å². The van der Waals surface area contributed by atoms with Crippen LogP contribution in [0.15, 0.2) is 18.2 Å². The van der Waals surface area contributed by atoms with E-state index < -0.39 is 0 Å². The second-order valence-electron chi connectivity index (χ2n) is 4.86. The van der Waals surface area contributed by atoms with Gasteiger partial charge in [-0.05, 0) is 37.1 Å². The van der Waals surface area contributed by atoms with Crippen molar-refractivity contribution in [1.29, 1.82) is 5.26 Å². The van der Waals surface area contributed by atoms with Gasteiger partial charge in [0.05, 0.1) is 19.8 Å². The largest absolute Gasteiger partial charge is 0.493 e. The molecule has 2 rings (SSSR count). The Labute approximate surface area is 124 Å². The van der Waals surface area contributed by atoms with Crippen molar-refractivity contribution in [3.63, 3.8) is 0 Å². The normalized spacial score (nSPS) is 10.2. The molecule has 0 saturated carbocycles. The van der Waals surface area contributed by atoms with Gasteiger partial charge in [0.25, 0.3) is 0 Å². The Morgan fingerprint density at radius 3 is 2.38 bits per heavy atom. The van der Waals surface area contributed by atoms with Gasteiger partial charge in [0.1, 0.15) is 11.9 Å². The quantitative estimate of drug-likeness (QED) is 0.937. The summed E-state index contributed by atoms with van der Waals surface area (Å²) in [5, 5.41) is 9.17. The number of anilines is 1. The predicted molar refractivity (Wildman–Crippen MR) is 81.7 cm³/mol. The van der Waals surface area contributed by atoms with Crippen molar-refractivity contribution < 1.29 is 9.47 Å². The van der Waals surface area contributed by atoms with Crippen LogP contribution in [0.5, 0.6) is 11.5 Å². The number of hydrogen-bond acceptors (Lipinski definition) is 4. The molecule has 0 saturated heterocycles. The Morgan fingerprint density at radius 1 is 1.19 bits per heavy atom. The summed E-state index contributed by atoms with van der Waals surface area (Å²) in [6, 6.07) is 7.90. The zero-order chi connectivity index (χ0) is 15.6. The summed E-state index contributed by atoms with van der Waals surface area (Å²) in [5.74, 6) is 1.87. The molecule has 0 radical (unpaired) electrons. The second kappa shape index (κ2) is 5.80. The molecule has 0 unspecified atom stereocenters. The molecule has 5 heteroatoms. The van der Waals surface area contributed by atoms with Crippen molar-refractivity contribution >= 4 is 5.82 Å². The van der Waals surface area contributed by atoms with Crippen molar-refractivity contribution in [2.75, 3.05) is 20.0 Å². The van der Waals surface area contributed by atoms with Gasteiger partial charge in [0.2, 0.25) is 0 Å². The van der Waals surface area contributed by atoms with Crippen molar-refractivity contribution in [2.45, 2.75) is 20.4 Å². The number of ether oxygens (including phenoxy) is 2. The maximum absolute atomic E-state index is 9.17. The van der Waals surface area contributed by atoms with Gasteiger partial charge in [-0.15, -0.1) is 0 Å². The van der Waals surface area contributed by atoms with Gasteiger partial charge >= 0.3 is 0 Å². The highest BCUT2D eigenvalue weighted by Gasteiger charge is 2.15. The highest BCUT2D eigenvalue weighted by Crippen LogP contribution is 2.29. The van der Waals surface area contributed by atoms with Gasteiger partial charge < -0.3 is 19.8 Å². The SMILES string of the molecule is COc1ccc(Cn2c(C)c(C)c(C#N)c2N)cc1OC. The molecule has 0 atom stereocenters. The molecule has 0 aliphatic rings. The van der Waals surface area contributed by atoms with Crippen LogP contribution in [-0.2, 0) is 6.54 Å². The molecule has 0 fully saturated rings. The molecule has 0 spiro atoms. The number of methoxy groups -OCH3 is 2. The summed E-state index contributed by atoms with van der Waals surface area (Å²) >= 11 is 0. The Morgan fingerprint density at radius 2 is 1.86 bits per heavy atom. The fourth-order valence-corrected chi connectivity index (χ4v) is 2.40. The average molecular weight is 285 g/mol. The monoisotopic (exact) mass is 285 g/mol. The average Bonchev–Trinajstić information content (AvgIpc) is 2.70. The lowest BCUT2D eigenvalue weighted by Gasteiger charge is -2.12. The summed E-state index contributed by atoms with van der Waals surface area (Å²) in [7, 11) is 3.21. The molecule has 1 aromatic carbocycles. The van der Waals surface area contributed by atoms with Crippen LogP contribution >= 0.6 is 0 Å². The van der Waals surface area contributed by atoms with Crippen LogP contribution in [0.25, 0.3) is 0 Å². The molecular weight excluding hydrogens is 266 g/mol. The van der Waals surface area contributed by atoms with Crippen LogP contribution in [0.1, 0.15) is 22.4 Å². The number of aromatic nitrogens is 1. The first-order valence-corrected chi connectivity index (χ1v) is 6.59. The maximum Gasteiger partial charge on any atom is 0.161 e. The van der Waals surface area contributed by atoms with Crippen LogP contribution in [0.3, 0.4) is 0 Å². The van der Waals surface area contributed by atoms with E-state index in [0.29, 0.717) is 29.4 Å². The van der Waals surface area contributed by atoms with E-state index in [9.17, 15) is 5.26 Å². The minimum atomic E-state index is 0.502. The van der Waals surface area contributed by atoms with E-state index in [2.05, 4.69) is 6.07 Å². The van der Waals surface area contributed by atoms with Crippen molar-refractivity contribution in [1.82, 2.24) is 4.57 Å². The zero-order valence-electron chi connectivity index (χ0n) is 12.7. The molecule has 5 nitrogen and oxygen atoms in total. The Kier molecular flexibility index (Phi) is 4.08. The molecule has 1 aromatic heterocycles. The molecular formula is C16H19N3O2. The number of nitrogen functional groups attached to an aromatic ring is 1. The molecule has 0 aliphatic heterocycles. The lowest BCUT2D eigenvalue weighted by atomic mass is 10.2.